The molecular weight excluding hydrogens is 247 g/mol. The summed E-state index contributed by atoms with van der Waals surface area (Å²) >= 11 is 0. The third-order valence-electron chi connectivity index (χ3n) is 2.89. The quantitative estimate of drug-likeness (QED) is 0.596. The first-order valence-corrected chi connectivity index (χ1v) is 5.36. The second kappa shape index (κ2) is 4.63. The maximum Gasteiger partial charge on any atom is 0.330 e. The number of hydrogen-bond acceptors (Lipinski definition) is 5. The van der Waals surface area contributed by atoms with E-state index in [4.69, 9.17) is 9.84 Å². The Labute approximate surface area is 100 Å². The van der Waals surface area contributed by atoms with Crippen molar-refractivity contribution in [3.8, 4) is 0 Å². The lowest BCUT2D eigenvalue weighted by molar-refractivity contribution is -0.0492. The molecule has 0 aromatic carbocycles. The van der Waals surface area contributed by atoms with Gasteiger partial charge < -0.3 is 14.9 Å². The molecule has 1 aliphatic rings. The highest BCUT2D eigenvalue weighted by Crippen LogP contribution is 2.30. The third-order valence-corrected chi connectivity index (χ3v) is 2.89. The molecule has 0 amide bonds. The lowest BCUT2D eigenvalue weighted by Gasteiger charge is -2.15. The Hall–Kier alpha value is -1.51. The molecule has 1 aliphatic heterocycles. The van der Waals surface area contributed by atoms with Crippen LogP contribution in [0.25, 0.3) is 0 Å². The molecule has 8 heteroatoms. The van der Waals surface area contributed by atoms with Crippen molar-refractivity contribution in [2.24, 2.45) is 0 Å². The molecule has 7 nitrogen and oxygen atoms in total. The number of aromatic nitrogens is 2. The first kappa shape index (κ1) is 12.9. The van der Waals surface area contributed by atoms with E-state index in [9.17, 15) is 19.1 Å². The molecule has 1 aromatic heterocycles. The minimum atomic E-state index is -1.86. The van der Waals surface area contributed by atoms with Gasteiger partial charge in [0.1, 0.15) is 12.2 Å². The number of aliphatic hydroxyl groups is 2. The molecule has 1 aromatic rings. The fourth-order valence-corrected chi connectivity index (χ4v) is 1.85. The van der Waals surface area contributed by atoms with Gasteiger partial charge in [-0.2, -0.15) is 0 Å². The number of aliphatic hydroxyl groups excluding tert-OH is 2. The number of nitrogens with zero attached hydrogens (tertiary/aromatic N) is 1. The Morgan fingerprint density at radius 2 is 2.22 bits per heavy atom. The SMILES string of the molecule is Cc1cn([C@@H]2O[C@@H](CO)C(O)[C@@H]2F)c(=O)[nH]c1=O. The van der Waals surface area contributed by atoms with Gasteiger partial charge in [0.25, 0.3) is 5.56 Å². The largest absolute Gasteiger partial charge is 0.394 e. The lowest BCUT2D eigenvalue weighted by Crippen LogP contribution is -2.36. The molecule has 0 bridgehead atoms. The monoisotopic (exact) mass is 260 g/mol. The van der Waals surface area contributed by atoms with E-state index in [0.717, 1.165) is 10.8 Å². The van der Waals surface area contributed by atoms with Gasteiger partial charge in [0.15, 0.2) is 12.4 Å². The van der Waals surface area contributed by atoms with Crippen molar-refractivity contribution in [3.05, 3.63) is 32.6 Å². The van der Waals surface area contributed by atoms with Crippen LogP contribution in [0.1, 0.15) is 11.8 Å². The van der Waals surface area contributed by atoms with Crippen LogP contribution in [0.4, 0.5) is 4.39 Å². The number of nitrogens with one attached hydrogen (secondary N) is 1. The highest BCUT2D eigenvalue weighted by molar-refractivity contribution is 5.03. The molecule has 0 saturated carbocycles. The van der Waals surface area contributed by atoms with E-state index < -0.39 is 42.5 Å². The van der Waals surface area contributed by atoms with Crippen molar-refractivity contribution in [2.75, 3.05) is 6.61 Å². The minimum absolute atomic E-state index is 0.215. The van der Waals surface area contributed by atoms with Crippen molar-refractivity contribution in [1.29, 1.82) is 0 Å². The van der Waals surface area contributed by atoms with Gasteiger partial charge in [0.05, 0.1) is 6.61 Å². The molecule has 18 heavy (non-hydrogen) atoms. The van der Waals surface area contributed by atoms with E-state index in [0.29, 0.717) is 0 Å². The average molecular weight is 260 g/mol. The smallest absolute Gasteiger partial charge is 0.330 e. The molecule has 2 rings (SSSR count). The number of hydrogen-bond donors (Lipinski definition) is 3. The molecule has 0 spiro atoms. The summed E-state index contributed by atoms with van der Waals surface area (Å²) in [4.78, 5) is 24.7. The number of rotatable bonds is 2. The van der Waals surface area contributed by atoms with Crippen molar-refractivity contribution in [1.82, 2.24) is 9.55 Å². The van der Waals surface area contributed by atoms with Crippen LogP contribution in [-0.4, -0.2) is 44.8 Å². The van der Waals surface area contributed by atoms with Gasteiger partial charge in [-0.15, -0.1) is 0 Å². The van der Waals surface area contributed by atoms with Crippen molar-refractivity contribution in [3.63, 3.8) is 0 Å². The van der Waals surface area contributed by atoms with E-state index >= 15 is 0 Å². The number of ether oxygens (including phenoxy) is 1. The Bertz CT molecular complexity index is 554. The van der Waals surface area contributed by atoms with Gasteiger partial charge in [-0.3, -0.25) is 14.3 Å². The summed E-state index contributed by atoms with van der Waals surface area (Å²) in [6, 6.07) is 0. The Kier molecular flexibility index (Phi) is 3.33. The van der Waals surface area contributed by atoms with Gasteiger partial charge in [-0.05, 0) is 6.92 Å². The molecule has 0 aliphatic carbocycles. The molecule has 4 atom stereocenters. The molecule has 0 radical (unpaired) electrons. The van der Waals surface area contributed by atoms with Crippen LogP contribution >= 0.6 is 0 Å². The summed E-state index contributed by atoms with van der Waals surface area (Å²) in [5.41, 5.74) is -1.18. The molecule has 3 N–H and O–H groups in total. The summed E-state index contributed by atoms with van der Waals surface area (Å²) in [6.45, 7) is 0.895. The second-order valence-electron chi connectivity index (χ2n) is 4.16. The molecule has 2 heterocycles. The minimum Gasteiger partial charge on any atom is -0.394 e. The number of aromatic amines is 1. The maximum atomic E-state index is 13.8. The first-order valence-electron chi connectivity index (χ1n) is 5.36. The van der Waals surface area contributed by atoms with Crippen molar-refractivity contribution in [2.45, 2.75) is 31.5 Å². The topological polar surface area (TPSA) is 105 Å². The summed E-state index contributed by atoms with van der Waals surface area (Å²) in [5, 5.41) is 18.3. The van der Waals surface area contributed by atoms with Crippen LogP contribution in [-0.2, 0) is 4.74 Å². The molecule has 100 valence electrons. The van der Waals surface area contributed by atoms with Gasteiger partial charge in [-0.25, -0.2) is 9.18 Å². The number of halogens is 1. The van der Waals surface area contributed by atoms with Crippen LogP contribution < -0.4 is 11.2 Å². The molecule has 1 fully saturated rings. The predicted molar refractivity (Wildman–Crippen MR) is 58.0 cm³/mol. The number of aryl methyl sites for hydroxylation is 1. The molecule has 1 saturated heterocycles. The Balaban J connectivity index is 2.42. The van der Waals surface area contributed by atoms with Gasteiger partial charge in [-0.1, -0.05) is 0 Å². The average Bonchev–Trinajstić information content (AvgIpc) is 2.61. The third kappa shape index (κ3) is 1.98. The highest BCUT2D eigenvalue weighted by atomic mass is 19.1. The maximum absolute atomic E-state index is 13.8. The normalized spacial score (nSPS) is 31.8. The fraction of sp³-hybridized carbons (Fsp3) is 0.600. The van der Waals surface area contributed by atoms with E-state index in [1.807, 2.05) is 4.98 Å². The van der Waals surface area contributed by atoms with Gasteiger partial charge >= 0.3 is 5.69 Å². The zero-order valence-electron chi connectivity index (χ0n) is 9.54. The van der Waals surface area contributed by atoms with Crippen LogP contribution in [0.5, 0.6) is 0 Å². The summed E-state index contributed by atoms with van der Waals surface area (Å²) in [5.74, 6) is 0. The van der Waals surface area contributed by atoms with E-state index in [1.165, 1.54) is 6.92 Å². The standard InChI is InChI=1S/C10H13FN2O5/c1-4-2-13(10(17)12-8(4)16)9-6(11)7(15)5(3-14)18-9/h2,5-7,9,14-15H,3H2,1H3,(H,12,16,17)/t5-,6-,7?,9+/m0/s1. The Morgan fingerprint density at radius 3 is 2.78 bits per heavy atom. The van der Waals surface area contributed by atoms with Crippen molar-refractivity contribution >= 4 is 0 Å². The lowest BCUT2D eigenvalue weighted by atomic mass is 10.1. The number of H-pyrrole nitrogens is 1. The zero-order chi connectivity index (χ0) is 13.4. The number of alkyl halides is 1. The predicted octanol–water partition coefficient (Wildman–Crippen LogP) is -1.57. The Morgan fingerprint density at radius 1 is 1.56 bits per heavy atom. The summed E-state index contributed by atoms with van der Waals surface area (Å²) in [7, 11) is 0. The van der Waals surface area contributed by atoms with Crippen LogP contribution in [0.15, 0.2) is 15.8 Å². The van der Waals surface area contributed by atoms with E-state index in [1.54, 1.807) is 0 Å². The van der Waals surface area contributed by atoms with Gasteiger partial charge in [0.2, 0.25) is 0 Å². The second-order valence-corrected chi connectivity index (χ2v) is 4.16. The summed E-state index contributed by atoms with van der Waals surface area (Å²) in [6.07, 6.45) is -4.67. The van der Waals surface area contributed by atoms with Crippen LogP contribution in [0, 0.1) is 6.92 Å². The van der Waals surface area contributed by atoms with Gasteiger partial charge in [0, 0.05) is 11.8 Å². The van der Waals surface area contributed by atoms with Crippen molar-refractivity contribution < 1.29 is 19.3 Å². The van der Waals surface area contributed by atoms with Crippen LogP contribution in [0.2, 0.25) is 0 Å². The van der Waals surface area contributed by atoms with E-state index in [-0.39, 0.29) is 5.56 Å². The zero-order valence-corrected chi connectivity index (χ0v) is 9.54. The fourth-order valence-electron chi connectivity index (χ4n) is 1.85. The summed E-state index contributed by atoms with van der Waals surface area (Å²) < 4.78 is 19.7. The molecule has 1 unspecified atom stereocenters. The first-order chi connectivity index (χ1) is 8.45. The molecular formula is C10H13FN2O5. The highest BCUT2D eigenvalue weighted by Gasteiger charge is 2.45. The van der Waals surface area contributed by atoms with Crippen LogP contribution in [0.3, 0.4) is 0 Å². The van der Waals surface area contributed by atoms with E-state index in [2.05, 4.69) is 0 Å².